The van der Waals surface area contributed by atoms with Gasteiger partial charge in [-0.05, 0) is 107 Å². The fraction of sp³-hybridized carbons (Fsp3) is 0.706. The van der Waals surface area contributed by atoms with E-state index in [1.807, 2.05) is 0 Å². The average Bonchev–Trinajstić information content (AvgIpc) is 3.28. The Hall–Kier alpha value is -1.99. The summed E-state index contributed by atoms with van der Waals surface area (Å²) in [5, 5.41) is 0.636. The third-order valence-electron chi connectivity index (χ3n) is 10.7. The zero-order valence-corrected chi connectivity index (χ0v) is 26.3. The zero-order valence-electron chi connectivity index (χ0n) is 25.5. The van der Waals surface area contributed by atoms with E-state index < -0.39 is 6.17 Å². The number of rotatable bonds is 4. The molecule has 8 heteroatoms. The van der Waals surface area contributed by atoms with Crippen LogP contribution in [0.2, 0.25) is 5.02 Å². The first-order valence-corrected chi connectivity index (χ1v) is 16.9. The van der Waals surface area contributed by atoms with E-state index in [4.69, 9.17) is 27.3 Å². The van der Waals surface area contributed by atoms with E-state index >= 15 is 4.39 Å². The van der Waals surface area contributed by atoms with E-state index in [0.717, 1.165) is 93.0 Å². The molecule has 1 aromatic heterocycles. The number of anilines is 2. The van der Waals surface area contributed by atoms with Gasteiger partial charge in [0.2, 0.25) is 0 Å². The highest BCUT2D eigenvalue weighted by atomic mass is 35.5. The van der Waals surface area contributed by atoms with Crippen molar-refractivity contribution in [3.8, 4) is 0 Å². The molecule has 3 unspecified atom stereocenters. The largest absolute Gasteiger partial charge is 0.396 e. The normalized spacial score (nSPS) is 28.0. The topological polar surface area (TPSA) is 58.3 Å². The predicted octanol–water partition coefficient (Wildman–Crippen LogP) is 7.92. The summed E-state index contributed by atoms with van der Waals surface area (Å²) in [5.74, 6) is 2.20. The first-order chi connectivity index (χ1) is 20.3. The molecule has 230 valence electrons. The molecular formula is C34H48ClF2N5. The summed E-state index contributed by atoms with van der Waals surface area (Å²) in [7, 11) is 0. The summed E-state index contributed by atoms with van der Waals surface area (Å²) in [4.78, 5) is 14.7. The van der Waals surface area contributed by atoms with Crippen LogP contribution >= 0.6 is 11.6 Å². The Morgan fingerprint density at radius 2 is 1.76 bits per heavy atom. The van der Waals surface area contributed by atoms with Crippen molar-refractivity contribution in [1.29, 1.82) is 0 Å². The van der Waals surface area contributed by atoms with Crippen molar-refractivity contribution >= 4 is 23.1 Å². The summed E-state index contributed by atoms with van der Waals surface area (Å²) in [6.45, 7) is 8.26. The lowest BCUT2D eigenvalue weighted by Gasteiger charge is -2.35. The SMILES string of the molecule is CC12CCCN1CC(F)C2.CCc1nc2c(c(N3CCCCCC3)n1)CCC(c1c(F)c(N)cc(Cl)c1C1CCC1)C2. The third kappa shape index (κ3) is 5.89. The molecule has 5 aliphatic rings. The summed E-state index contributed by atoms with van der Waals surface area (Å²) in [6.07, 6.45) is 14.4. The molecule has 2 aromatic rings. The van der Waals surface area contributed by atoms with Gasteiger partial charge in [0.25, 0.3) is 0 Å². The van der Waals surface area contributed by atoms with Crippen molar-refractivity contribution in [2.24, 2.45) is 0 Å². The quantitative estimate of drug-likeness (QED) is 0.362. The highest BCUT2D eigenvalue weighted by molar-refractivity contribution is 6.31. The van der Waals surface area contributed by atoms with Crippen LogP contribution in [0.4, 0.5) is 20.3 Å². The molecule has 2 aliphatic carbocycles. The molecule has 7 rings (SSSR count). The molecule has 3 saturated heterocycles. The summed E-state index contributed by atoms with van der Waals surface area (Å²) < 4.78 is 28.3. The molecule has 42 heavy (non-hydrogen) atoms. The van der Waals surface area contributed by atoms with E-state index in [9.17, 15) is 4.39 Å². The van der Waals surface area contributed by atoms with Gasteiger partial charge in [0.15, 0.2) is 0 Å². The van der Waals surface area contributed by atoms with Crippen molar-refractivity contribution in [2.75, 3.05) is 36.8 Å². The van der Waals surface area contributed by atoms with Gasteiger partial charge in [0.1, 0.15) is 23.6 Å². The second-order valence-electron chi connectivity index (χ2n) is 13.6. The maximum Gasteiger partial charge on any atom is 0.149 e. The van der Waals surface area contributed by atoms with E-state index in [-0.39, 0.29) is 23.0 Å². The number of nitrogens with zero attached hydrogens (tertiary/aromatic N) is 4. The number of fused-ring (bicyclic) bond motifs is 2. The van der Waals surface area contributed by atoms with Crippen molar-refractivity contribution in [1.82, 2.24) is 14.9 Å². The van der Waals surface area contributed by atoms with Crippen LogP contribution in [0.1, 0.15) is 125 Å². The standard InChI is InChI=1S/C26H34ClFN4.C8H14FN/c1-2-22-30-21-14-17(10-11-18(21)26(31-22)32-12-5-3-4-6-13-32)24-23(16-8-7-9-16)19(27)15-20(29)25(24)28;1-8-3-2-4-10(8)6-7(9)5-8/h15-17H,2-14,29H2,1H3;7H,2-6H2,1H3. The molecule has 0 bridgehead atoms. The van der Waals surface area contributed by atoms with Crippen LogP contribution in [-0.2, 0) is 19.3 Å². The van der Waals surface area contributed by atoms with E-state index in [1.165, 1.54) is 50.5 Å². The molecule has 1 aromatic carbocycles. The molecule has 4 heterocycles. The Labute approximate surface area is 255 Å². The minimum atomic E-state index is -0.551. The first-order valence-electron chi connectivity index (χ1n) is 16.6. The average molecular weight is 600 g/mol. The van der Waals surface area contributed by atoms with Gasteiger partial charge in [-0.2, -0.15) is 0 Å². The Bertz CT molecular complexity index is 1280. The Kier molecular flexibility index (Phi) is 8.98. The Morgan fingerprint density at radius 3 is 2.43 bits per heavy atom. The van der Waals surface area contributed by atoms with Crippen LogP contribution in [0.3, 0.4) is 0 Å². The van der Waals surface area contributed by atoms with E-state index in [2.05, 4.69) is 23.6 Å². The lowest BCUT2D eigenvalue weighted by Crippen LogP contribution is -2.34. The smallest absolute Gasteiger partial charge is 0.149 e. The highest BCUT2D eigenvalue weighted by Gasteiger charge is 2.44. The van der Waals surface area contributed by atoms with Crippen LogP contribution < -0.4 is 10.6 Å². The number of alkyl halides is 1. The minimum Gasteiger partial charge on any atom is -0.396 e. The van der Waals surface area contributed by atoms with Crippen molar-refractivity contribution in [2.45, 2.75) is 127 Å². The monoisotopic (exact) mass is 599 g/mol. The summed E-state index contributed by atoms with van der Waals surface area (Å²) in [6, 6.07) is 1.61. The lowest BCUT2D eigenvalue weighted by molar-refractivity contribution is 0.217. The predicted molar refractivity (Wildman–Crippen MR) is 168 cm³/mol. The van der Waals surface area contributed by atoms with Gasteiger partial charge in [0.05, 0.1) is 11.4 Å². The Morgan fingerprint density at radius 1 is 1.00 bits per heavy atom. The second kappa shape index (κ2) is 12.6. The fourth-order valence-corrected chi connectivity index (χ4v) is 8.56. The second-order valence-corrected chi connectivity index (χ2v) is 14.1. The number of benzene rings is 1. The molecule has 3 atom stereocenters. The molecule has 0 spiro atoms. The highest BCUT2D eigenvalue weighted by Crippen LogP contribution is 2.48. The summed E-state index contributed by atoms with van der Waals surface area (Å²) in [5.41, 5.74) is 10.6. The molecule has 0 radical (unpaired) electrons. The van der Waals surface area contributed by atoms with Crippen molar-refractivity contribution in [3.63, 3.8) is 0 Å². The van der Waals surface area contributed by atoms with Crippen LogP contribution in [0, 0.1) is 5.82 Å². The number of hydrogen-bond acceptors (Lipinski definition) is 5. The number of aromatic nitrogens is 2. The first kappa shape index (κ1) is 30.1. The van der Waals surface area contributed by atoms with Crippen LogP contribution in [0.15, 0.2) is 6.07 Å². The summed E-state index contributed by atoms with van der Waals surface area (Å²) >= 11 is 6.64. The van der Waals surface area contributed by atoms with Crippen molar-refractivity contribution in [3.05, 3.63) is 45.1 Å². The van der Waals surface area contributed by atoms with Crippen LogP contribution in [0.25, 0.3) is 0 Å². The lowest BCUT2D eigenvalue weighted by atomic mass is 9.73. The molecule has 5 nitrogen and oxygen atoms in total. The molecule has 0 amide bonds. The number of nitrogens with two attached hydrogens (primary N) is 1. The van der Waals surface area contributed by atoms with Gasteiger partial charge < -0.3 is 10.6 Å². The van der Waals surface area contributed by atoms with Crippen LogP contribution in [0.5, 0.6) is 0 Å². The maximum absolute atomic E-state index is 15.5. The number of nitrogen functional groups attached to an aromatic ring is 1. The van der Waals surface area contributed by atoms with Gasteiger partial charge in [-0.15, -0.1) is 0 Å². The molecule has 2 N–H and O–H groups in total. The maximum atomic E-state index is 15.5. The molecule has 3 aliphatic heterocycles. The molecular weight excluding hydrogens is 552 g/mol. The number of hydrogen-bond donors (Lipinski definition) is 1. The van der Waals surface area contributed by atoms with E-state index in [0.29, 0.717) is 17.5 Å². The van der Waals surface area contributed by atoms with Gasteiger partial charge >= 0.3 is 0 Å². The van der Waals surface area contributed by atoms with Gasteiger partial charge in [0, 0.05) is 42.2 Å². The van der Waals surface area contributed by atoms with Gasteiger partial charge in [-0.1, -0.05) is 37.8 Å². The molecule has 1 saturated carbocycles. The fourth-order valence-electron chi connectivity index (χ4n) is 8.19. The minimum absolute atomic E-state index is 0.0655. The number of aryl methyl sites for hydroxylation is 1. The van der Waals surface area contributed by atoms with E-state index in [1.54, 1.807) is 6.07 Å². The number of halogens is 3. The zero-order chi connectivity index (χ0) is 29.4. The third-order valence-corrected chi connectivity index (χ3v) is 11.1. The van der Waals surface area contributed by atoms with Gasteiger partial charge in [-0.3, -0.25) is 4.90 Å². The van der Waals surface area contributed by atoms with Crippen LogP contribution in [-0.4, -0.2) is 52.8 Å². The Balaban J connectivity index is 0.000000265. The molecule has 4 fully saturated rings. The van der Waals surface area contributed by atoms with Gasteiger partial charge in [-0.25, -0.2) is 18.7 Å². The van der Waals surface area contributed by atoms with Crippen molar-refractivity contribution < 1.29 is 8.78 Å².